The molecule has 0 bridgehead atoms. The molecule has 4 nitrogen and oxygen atoms in total. The van der Waals surface area contributed by atoms with Gasteiger partial charge in [-0.25, -0.2) is 17.1 Å². The van der Waals surface area contributed by atoms with Crippen molar-refractivity contribution in [2.75, 3.05) is 13.6 Å². The van der Waals surface area contributed by atoms with Crippen LogP contribution in [0.3, 0.4) is 0 Å². The van der Waals surface area contributed by atoms with Crippen molar-refractivity contribution in [1.29, 1.82) is 0 Å². The lowest BCUT2D eigenvalue weighted by Crippen LogP contribution is -2.31. The summed E-state index contributed by atoms with van der Waals surface area (Å²) in [4.78, 5) is -0.448. The highest BCUT2D eigenvalue weighted by Crippen LogP contribution is 2.25. The summed E-state index contributed by atoms with van der Waals surface area (Å²) in [5, 5.41) is 8.97. The zero-order chi connectivity index (χ0) is 16.4. The summed E-state index contributed by atoms with van der Waals surface area (Å²) in [7, 11) is -3.27. The van der Waals surface area contributed by atoms with E-state index in [0.29, 0.717) is 4.31 Å². The Morgan fingerprint density at radius 1 is 1.29 bits per heavy atom. The van der Waals surface area contributed by atoms with Crippen LogP contribution in [-0.2, 0) is 16.6 Å². The highest BCUT2D eigenvalue weighted by Gasteiger charge is 2.31. The highest BCUT2D eigenvalue weighted by atomic mass is 32.2. The molecule has 120 valence electrons. The van der Waals surface area contributed by atoms with Gasteiger partial charge in [0.2, 0.25) is 10.0 Å². The van der Waals surface area contributed by atoms with Crippen molar-refractivity contribution in [3.8, 4) is 0 Å². The average Bonchev–Trinajstić information content (AvgIpc) is 2.37. The molecule has 1 N–H and O–H groups in total. The van der Waals surface area contributed by atoms with E-state index in [1.165, 1.54) is 6.92 Å². The van der Waals surface area contributed by atoms with Gasteiger partial charge in [-0.1, -0.05) is 0 Å². The first-order valence-electron chi connectivity index (χ1n) is 5.92. The number of aliphatic hydroxyl groups excluding tert-OH is 1. The molecule has 1 aromatic rings. The molecule has 1 aromatic carbocycles. The van der Waals surface area contributed by atoms with E-state index in [1.807, 2.05) is 0 Å². The van der Waals surface area contributed by atoms with Crippen LogP contribution in [0.4, 0.5) is 17.6 Å². The first-order chi connectivity index (χ1) is 9.49. The van der Waals surface area contributed by atoms with Gasteiger partial charge in [0.15, 0.2) is 0 Å². The number of hydrogen-bond acceptors (Lipinski definition) is 3. The molecular weight excluding hydrogens is 314 g/mol. The van der Waals surface area contributed by atoms with Crippen molar-refractivity contribution in [1.82, 2.24) is 4.31 Å². The summed E-state index contributed by atoms with van der Waals surface area (Å²) in [5.41, 5.74) is -0.174. The smallest absolute Gasteiger partial charge is 0.390 e. The predicted molar refractivity (Wildman–Crippen MR) is 67.5 cm³/mol. The maximum Gasteiger partial charge on any atom is 0.390 e. The van der Waals surface area contributed by atoms with Gasteiger partial charge in [-0.2, -0.15) is 13.2 Å². The second-order valence-corrected chi connectivity index (χ2v) is 6.56. The topological polar surface area (TPSA) is 57.6 Å². The van der Waals surface area contributed by atoms with Gasteiger partial charge in [0.1, 0.15) is 5.82 Å². The van der Waals surface area contributed by atoms with Gasteiger partial charge in [-0.05, 0) is 24.6 Å². The monoisotopic (exact) mass is 329 g/mol. The predicted octanol–water partition coefficient (Wildman–Crippen LogP) is 2.20. The van der Waals surface area contributed by atoms with Crippen molar-refractivity contribution in [3.63, 3.8) is 0 Å². The largest absolute Gasteiger partial charge is 0.392 e. The molecule has 0 spiro atoms. The second kappa shape index (κ2) is 6.29. The van der Waals surface area contributed by atoms with Crippen LogP contribution in [0.25, 0.3) is 0 Å². The van der Waals surface area contributed by atoms with Gasteiger partial charge in [0.25, 0.3) is 0 Å². The van der Waals surface area contributed by atoms with Crippen molar-refractivity contribution < 1.29 is 31.1 Å². The first-order valence-corrected chi connectivity index (χ1v) is 7.36. The highest BCUT2D eigenvalue weighted by molar-refractivity contribution is 7.89. The number of alkyl halides is 3. The normalized spacial score (nSPS) is 13.0. The Bertz CT molecular complexity index is 614. The van der Waals surface area contributed by atoms with Gasteiger partial charge in [-0.15, -0.1) is 0 Å². The molecule has 0 aromatic heterocycles. The van der Waals surface area contributed by atoms with Crippen LogP contribution in [0.2, 0.25) is 0 Å². The quantitative estimate of drug-likeness (QED) is 0.843. The van der Waals surface area contributed by atoms with Crippen LogP contribution < -0.4 is 0 Å². The number of aliphatic hydroxyl groups is 1. The molecule has 9 heteroatoms. The SMILES string of the molecule is Cc1c(F)cc(CO)cc1S(=O)(=O)N(C)CCC(F)(F)F. The fourth-order valence-corrected chi connectivity index (χ4v) is 3.09. The van der Waals surface area contributed by atoms with E-state index in [-0.39, 0.29) is 11.1 Å². The Kier molecular flexibility index (Phi) is 5.35. The zero-order valence-electron chi connectivity index (χ0n) is 11.4. The van der Waals surface area contributed by atoms with Crippen LogP contribution in [0.15, 0.2) is 17.0 Å². The number of hydrogen-bond donors (Lipinski definition) is 1. The molecule has 0 amide bonds. The maximum atomic E-state index is 13.6. The summed E-state index contributed by atoms with van der Waals surface area (Å²) < 4.78 is 75.0. The maximum absolute atomic E-state index is 13.6. The molecule has 0 aliphatic rings. The minimum absolute atomic E-state index is 0.0286. The van der Waals surface area contributed by atoms with Gasteiger partial charge >= 0.3 is 6.18 Å². The van der Waals surface area contributed by atoms with E-state index in [9.17, 15) is 26.0 Å². The molecule has 1 rings (SSSR count). The Balaban J connectivity index is 3.16. The third kappa shape index (κ3) is 4.39. The van der Waals surface area contributed by atoms with Crippen LogP contribution in [0.1, 0.15) is 17.5 Å². The summed E-state index contributed by atoms with van der Waals surface area (Å²) in [5.74, 6) is -0.843. The van der Waals surface area contributed by atoms with Crippen molar-refractivity contribution in [2.24, 2.45) is 0 Å². The molecule has 0 unspecified atom stereocenters. The molecule has 0 atom stereocenters. The van der Waals surface area contributed by atoms with Crippen molar-refractivity contribution in [3.05, 3.63) is 29.1 Å². The Morgan fingerprint density at radius 3 is 2.33 bits per heavy atom. The first kappa shape index (κ1) is 17.9. The van der Waals surface area contributed by atoms with Crippen LogP contribution in [0, 0.1) is 12.7 Å². The lowest BCUT2D eigenvalue weighted by molar-refractivity contribution is -0.135. The Hall–Kier alpha value is -1.19. The fourth-order valence-electron chi connectivity index (χ4n) is 1.64. The zero-order valence-corrected chi connectivity index (χ0v) is 12.2. The van der Waals surface area contributed by atoms with Crippen molar-refractivity contribution >= 4 is 10.0 Å². The summed E-state index contributed by atoms with van der Waals surface area (Å²) >= 11 is 0. The van der Waals surface area contributed by atoms with Crippen LogP contribution in [0.5, 0.6) is 0 Å². The summed E-state index contributed by atoms with van der Waals surface area (Å²) in [6.07, 6.45) is -5.79. The third-order valence-electron chi connectivity index (χ3n) is 2.94. The molecule has 0 fully saturated rings. The second-order valence-electron chi connectivity index (χ2n) is 4.55. The number of sulfonamides is 1. The molecule has 0 saturated heterocycles. The molecule has 21 heavy (non-hydrogen) atoms. The van der Waals surface area contributed by atoms with Gasteiger partial charge in [-0.3, -0.25) is 0 Å². The molecule has 0 radical (unpaired) electrons. The molecule has 0 aliphatic carbocycles. The molecular formula is C12H15F4NO3S. The standard InChI is InChI=1S/C12H15F4NO3S/c1-8-10(13)5-9(7-18)6-11(8)21(19,20)17(2)4-3-12(14,15)16/h5-6,18H,3-4,7H2,1-2H3. The Labute approximate surface area is 120 Å². The van der Waals surface area contributed by atoms with E-state index in [4.69, 9.17) is 5.11 Å². The lowest BCUT2D eigenvalue weighted by Gasteiger charge is -2.20. The lowest BCUT2D eigenvalue weighted by atomic mass is 10.1. The van der Waals surface area contributed by atoms with E-state index in [1.54, 1.807) is 0 Å². The van der Waals surface area contributed by atoms with Crippen molar-refractivity contribution in [2.45, 2.75) is 31.0 Å². The number of nitrogens with zero attached hydrogens (tertiary/aromatic N) is 1. The minimum atomic E-state index is -4.49. The van der Waals surface area contributed by atoms with E-state index < -0.39 is 46.5 Å². The van der Waals surface area contributed by atoms with Gasteiger partial charge in [0.05, 0.1) is 17.9 Å². The fraction of sp³-hybridized carbons (Fsp3) is 0.500. The Morgan fingerprint density at radius 2 is 1.86 bits per heavy atom. The summed E-state index contributed by atoms with van der Waals surface area (Å²) in [6.45, 7) is -0.136. The van der Waals surface area contributed by atoms with E-state index in [2.05, 4.69) is 0 Å². The van der Waals surface area contributed by atoms with Crippen LogP contribution in [-0.4, -0.2) is 37.6 Å². The van der Waals surface area contributed by atoms with E-state index in [0.717, 1.165) is 19.2 Å². The molecule has 0 heterocycles. The third-order valence-corrected chi connectivity index (χ3v) is 4.92. The van der Waals surface area contributed by atoms with E-state index >= 15 is 0 Å². The van der Waals surface area contributed by atoms with Gasteiger partial charge in [0, 0.05) is 19.2 Å². The number of benzene rings is 1. The van der Waals surface area contributed by atoms with Crippen LogP contribution >= 0.6 is 0 Å². The van der Waals surface area contributed by atoms with Gasteiger partial charge < -0.3 is 5.11 Å². The molecule has 0 saturated carbocycles. The summed E-state index contributed by atoms with van der Waals surface area (Å²) in [6, 6.07) is 2.03. The average molecular weight is 329 g/mol. The number of halogens is 4. The number of rotatable bonds is 5. The minimum Gasteiger partial charge on any atom is -0.392 e. The molecule has 0 aliphatic heterocycles.